The van der Waals surface area contributed by atoms with Crippen LogP contribution in [0.25, 0.3) is 10.1 Å². The number of nitrogens with zero attached hydrogens (tertiary/aromatic N) is 1. The van der Waals surface area contributed by atoms with Crippen LogP contribution in [-0.4, -0.2) is 0 Å². The van der Waals surface area contributed by atoms with Gasteiger partial charge in [0, 0.05) is 4.70 Å². The highest BCUT2D eigenvalue weighted by molar-refractivity contribution is 7.17. The summed E-state index contributed by atoms with van der Waals surface area (Å²) in [4.78, 5) is 0. The number of fused-ring (bicyclic) bond motifs is 1. The van der Waals surface area contributed by atoms with E-state index in [1.807, 2.05) is 24.3 Å². The lowest BCUT2D eigenvalue weighted by atomic mass is 9.97. The van der Waals surface area contributed by atoms with Crippen LogP contribution in [0.4, 0.5) is 0 Å². The Morgan fingerprint density at radius 3 is 2.56 bits per heavy atom. The Balaban J connectivity index is 1.71. The molecule has 0 aliphatic heterocycles. The fraction of sp³-hybridized carbons (Fsp3) is 0.292. The van der Waals surface area contributed by atoms with Crippen molar-refractivity contribution >= 4 is 21.4 Å². The van der Waals surface area contributed by atoms with Crippen molar-refractivity contribution in [1.82, 2.24) is 0 Å². The molecule has 3 aromatic rings. The van der Waals surface area contributed by atoms with E-state index in [4.69, 9.17) is 10.00 Å². The van der Waals surface area contributed by atoms with E-state index in [0.717, 1.165) is 11.3 Å². The van der Waals surface area contributed by atoms with E-state index in [2.05, 4.69) is 55.3 Å². The fourth-order valence-corrected chi connectivity index (χ4v) is 4.22. The molecule has 0 aliphatic rings. The Morgan fingerprint density at radius 2 is 1.89 bits per heavy atom. The molecule has 0 saturated carbocycles. The summed E-state index contributed by atoms with van der Waals surface area (Å²) in [7, 11) is 0. The molecular formula is C24H23NOS. The highest BCUT2D eigenvalue weighted by Gasteiger charge is 2.10. The second kappa shape index (κ2) is 8.76. The number of benzene rings is 2. The van der Waals surface area contributed by atoms with E-state index in [-0.39, 0.29) is 5.92 Å². The van der Waals surface area contributed by atoms with Crippen LogP contribution in [0.5, 0.6) is 5.75 Å². The Morgan fingerprint density at radius 1 is 1.11 bits per heavy atom. The molecule has 1 heterocycles. The van der Waals surface area contributed by atoms with Gasteiger partial charge >= 0.3 is 0 Å². The minimum Gasteiger partial charge on any atom is -0.489 e. The van der Waals surface area contributed by atoms with Gasteiger partial charge in [-0.1, -0.05) is 38.0 Å². The van der Waals surface area contributed by atoms with Crippen molar-refractivity contribution in [3.8, 4) is 23.7 Å². The summed E-state index contributed by atoms with van der Waals surface area (Å²) in [6.45, 7) is 6.80. The molecule has 0 saturated heterocycles. The Kier molecular flexibility index (Phi) is 6.17. The quantitative estimate of drug-likeness (QED) is 0.455. The first-order chi connectivity index (χ1) is 13.1. The van der Waals surface area contributed by atoms with Gasteiger partial charge in [0.2, 0.25) is 0 Å². The lowest BCUT2D eigenvalue weighted by Crippen LogP contribution is -1.98. The van der Waals surface area contributed by atoms with Crippen molar-refractivity contribution in [3.63, 3.8) is 0 Å². The zero-order valence-corrected chi connectivity index (χ0v) is 16.8. The van der Waals surface area contributed by atoms with Gasteiger partial charge in [-0.25, -0.2) is 0 Å². The molecule has 2 nitrogen and oxygen atoms in total. The number of hydrogen-bond donors (Lipinski definition) is 0. The largest absolute Gasteiger partial charge is 0.489 e. The van der Waals surface area contributed by atoms with E-state index in [0.29, 0.717) is 18.9 Å². The summed E-state index contributed by atoms with van der Waals surface area (Å²) >= 11 is 1.80. The average Bonchev–Trinajstić information content (AvgIpc) is 3.10. The summed E-state index contributed by atoms with van der Waals surface area (Å²) in [5, 5.41) is 12.6. The Hall–Kier alpha value is -2.75. The van der Waals surface area contributed by atoms with Gasteiger partial charge in [0.05, 0.1) is 18.4 Å². The summed E-state index contributed by atoms with van der Waals surface area (Å²) in [5.74, 6) is 7.31. The molecule has 2 aromatic carbocycles. The first-order valence-corrected chi connectivity index (χ1v) is 10.0. The Bertz CT molecular complexity index is 1010. The van der Waals surface area contributed by atoms with Gasteiger partial charge < -0.3 is 4.74 Å². The van der Waals surface area contributed by atoms with Crippen molar-refractivity contribution in [2.75, 3.05) is 0 Å². The third-order valence-corrected chi connectivity index (χ3v) is 5.57. The minimum absolute atomic E-state index is 0.0375. The molecule has 3 heteroatoms. The summed E-state index contributed by atoms with van der Waals surface area (Å²) in [6.07, 6.45) is 0.403. The fourth-order valence-electron chi connectivity index (χ4n) is 3.11. The van der Waals surface area contributed by atoms with Gasteiger partial charge in [0.15, 0.2) is 0 Å². The molecule has 0 fully saturated rings. The highest BCUT2D eigenvalue weighted by atomic mass is 32.1. The molecule has 1 aromatic heterocycles. The zero-order valence-electron chi connectivity index (χ0n) is 16.0. The highest BCUT2D eigenvalue weighted by Crippen LogP contribution is 2.32. The van der Waals surface area contributed by atoms with E-state index in [9.17, 15) is 0 Å². The van der Waals surface area contributed by atoms with Crippen LogP contribution >= 0.6 is 11.3 Å². The number of nitriles is 1. The molecular weight excluding hydrogens is 350 g/mol. The summed E-state index contributed by atoms with van der Waals surface area (Å²) in [6, 6.07) is 16.7. The molecule has 0 aliphatic carbocycles. The second-order valence-corrected chi connectivity index (χ2v) is 7.75. The third-order valence-electron chi connectivity index (χ3n) is 4.59. The van der Waals surface area contributed by atoms with Crippen LogP contribution in [0.1, 0.15) is 55.7 Å². The molecule has 0 bridgehead atoms. The topological polar surface area (TPSA) is 33.0 Å². The monoisotopic (exact) mass is 373 g/mol. The predicted molar refractivity (Wildman–Crippen MR) is 113 cm³/mol. The normalized spacial score (nSPS) is 11.7. The lowest BCUT2D eigenvalue weighted by Gasteiger charge is -2.10. The van der Waals surface area contributed by atoms with E-state index < -0.39 is 0 Å². The Labute approximate surface area is 165 Å². The van der Waals surface area contributed by atoms with Crippen molar-refractivity contribution in [2.24, 2.45) is 0 Å². The smallest absolute Gasteiger partial charge is 0.119 e. The standard InChI is InChI=1S/C24H23NOS/c1-4-5-19(12-13-25)20-7-9-21(10-8-20)26-15-18-6-11-24-22(14-18)23(16-27-24)17(2)3/h6-11,14,16-17,19H,12,15H2,1-3H3/t19-/m0/s1. The number of rotatable bonds is 6. The van der Waals surface area contributed by atoms with Crippen molar-refractivity contribution in [3.05, 3.63) is 64.5 Å². The van der Waals surface area contributed by atoms with Crippen LogP contribution in [0, 0.1) is 23.2 Å². The molecule has 136 valence electrons. The average molecular weight is 374 g/mol. The molecule has 1 atom stereocenters. The maximum atomic E-state index is 8.96. The zero-order chi connectivity index (χ0) is 19.2. The van der Waals surface area contributed by atoms with Crippen molar-refractivity contribution in [1.29, 1.82) is 5.26 Å². The van der Waals surface area contributed by atoms with Crippen molar-refractivity contribution < 1.29 is 4.74 Å². The van der Waals surface area contributed by atoms with Crippen LogP contribution < -0.4 is 4.74 Å². The van der Waals surface area contributed by atoms with Gasteiger partial charge in [-0.2, -0.15) is 5.26 Å². The second-order valence-electron chi connectivity index (χ2n) is 6.84. The summed E-state index contributed by atoms with van der Waals surface area (Å²) < 4.78 is 7.30. The van der Waals surface area contributed by atoms with Gasteiger partial charge in [-0.3, -0.25) is 0 Å². The van der Waals surface area contributed by atoms with Gasteiger partial charge in [0.1, 0.15) is 12.4 Å². The third kappa shape index (κ3) is 4.51. The number of thiophene rings is 1. The maximum absolute atomic E-state index is 8.96. The van der Waals surface area contributed by atoms with Gasteiger partial charge in [-0.05, 0) is 64.6 Å². The predicted octanol–water partition coefficient (Wildman–Crippen LogP) is 6.62. The first kappa shape index (κ1) is 19.0. The molecule has 0 spiro atoms. The van der Waals surface area contributed by atoms with E-state index >= 15 is 0 Å². The molecule has 0 N–H and O–H groups in total. The van der Waals surface area contributed by atoms with E-state index in [1.165, 1.54) is 21.2 Å². The van der Waals surface area contributed by atoms with Crippen LogP contribution in [0.3, 0.4) is 0 Å². The molecule has 27 heavy (non-hydrogen) atoms. The van der Waals surface area contributed by atoms with Gasteiger partial charge in [-0.15, -0.1) is 17.3 Å². The maximum Gasteiger partial charge on any atom is 0.119 e. The molecule has 0 unspecified atom stereocenters. The SMILES string of the molecule is CC#C[C@@H](CC#N)c1ccc(OCc2ccc3scc(C(C)C)c3c2)cc1. The first-order valence-electron chi connectivity index (χ1n) is 9.14. The molecule has 3 rings (SSSR count). The number of ether oxygens (including phenoxy) is 1. The van der Waals surface area contributed by atoms with Gasteiger partial charge in [0.25, 0.3) is 0 Å². The van der Waals surface area contributed by atoms with Crippen LogP contribution in [0.2, 0.25) is 0 Å². The lowest BCUT2D eigenvalue weighted by molar-refractivity contribution is 0.306. The minimum atomic E-state index is -0.0375. The molecule has 0 amide bonds. The molecule has 0 radical (unpaired) electrons. The summed E-state index contributed by atoms with van der Waals surface area (Å²) in [5.41, 5.74) is 3.63. The van der Waals surface area contributed by atoms with E-state index in [1.54, 1.807) is 18.3 Å². The van der Waals surface area contributed by atoms with Crippen LogP contribution in [0.15, 0.2) is 47.8 Å². The number of hydrogen-bond acceptors (Lipinski definition) is 3. The van der Waals surface area contributed by atoms with Crippen LogP contribution in [-0.2, 0) is 6.61 Å². The van der Waals surface area contributed by atoms with Crippen molar-refractivity contribution in [2.45, 2.75) is 45.6 Å².